The van der Waals surface area contributed by atoms with Crippen LogP contribution in [-0.2, 0) is 14.8 Å². The Hall–Kier alpha value is -4.27. The number of rotatable bonds is 8. The first-order chi connectivity index (χ1) is 17.9. The molecule has 0 saturated heterocycles. The number of hydrazone groups is 1. The molecule has 5 rings (SSSR count). The molecule has 0 fully saturated rings. The van der Waals surface area contributed by atoms with E-state index in [9.17, 15) is 13.2 Å². The van der Waals surface area contributed by atoms with E-state index < -0.39 is 22.0 Å². The molecule has 1 amide bonds. The molecule has 0 aliphatic rings. The number of sulfonamides is 1. The average Bonchev–Trinajstić information content (AvgIpc) is 3.27. The molecule has 0 saturated carbocycles. The third kappa shape index (κ3) is 5.61. The van der Waals surface area contributed by atoms with Crippen molar-refractivity contribution in [3.05, 3.63) is 114 Å². The Morgan fingerprint density at radius 3 is 2.38 bits per heavy atom. The van der Waals surface area contributed by atoms with Gasteiger partial charge < -0.3 is 4.98 Å². The molecule has 37 heavy (non-hydrogen) atoms. The highest BCUT2D eigenvalue weighted by Crippen LogP contribution is 2.25. The predicted octanol–water partition coefficient (Wildman–Crippen LogP) is 5.19. The number of nitrogens with one attached hydrogen (secondary N) is 3. The molecule has 3 N–H and O–H groups in total. The van der Waals surface area contributed by atoms with E-state index in [0.29, 0.717) is 5.56 Å². The Bertz CT molecular complexity index is 1690. The Kier molecular flexibility index (Phi) is 6.85. The van der Waals surface area contributed by atoms with Gasteiger partial charge in [0.25, 0.3) is 0 Å². The number of benzene rings is 4. The highest BCUT2D eigenvalue weighted by Gasteiger charge is 2.23. The molecule has 186 valence electrons. The van der Waals surface area contributed by atoms with Gasteiger partial charge >= 0.3 is 0 Å². The Labute approximate surface area is 215 Å². The van der Waals surface area contributed by atoms with Gasteiger partial charge in [0, 0.05) is 28.2 Å². The van der Waals surface area contributed by atoms with Gasteiger partial charge in [0.15, 0.2) is 0 Å². The molecule has 0 spiro atoms. The van der Waals surface area contributed by atoms with E-state index in [-0.39, 0.29) is 11.3 Å². The Balaban J connectivity index is 1.30. The summed E-state index contributed by atoms with van der Waals surface area (Å²) in [5.74, 6) is -0.412. The van der Waals surface area contributed by atoms with Crippen molar-refractivity contribution in [2.45, 2.75) is 24.3 Å². The zero-order valence-electron chi connectivity index (χ0n) is 20.2. The van der Waals surface area contributed by atoms with Gasteiger partial charge in [0.05, 0.1) is 17.2 Å². The van der Waals surface area contributed by atoms with Crippen LogP contribution in [0.5, 0.6) is 0 Å². The minimum Gasteiger partial charge on any atom is -0.355 e. The number of carbonyl (C=O) groups excluding carboxylic acids is 1. The molecule has 7 nitrogen and oxygen atoms in total. The SMILES string of the molecule is Cc1ccc(S(=O)(=O)N[C@H](CC(=O)N/N=C\c2ccc3[nH]c4ccccc4c3c2)c2ccccc2)cc1. The second-order valence-electron chi connectivity index (χ2n) is 8.87. The lowest BCUT2D eigenvalue weighted by molar-refractivity contribution is -0.121. The maximum atomic E-state index is 13.0. The summed E-state index contributed by atoms with van der Waals surface area (Å²) in [4.78, 5) is 16.3. The number of hydrogen-bond acceptors (Lipinski definition) is 4. The molecule has 1 heterocycles. The Morgan fingerprint density at radius 1 is 0.892 bits per heavy atom. The lowest BCUT2D eigenvalue weighted by atomic mass is 10.0. The van der Waals surface area contributed by atoms with Crippen molar-refractivity contribution in [1.82, 2.24) is 15.1 Å². The Morgan fingerprint density at radius 2 is 1.59 bits per heavy atom. The summed E-state index contributed by atoms with van der Waals surface area (Å²) >= 11 is 0. The van der Waals surface area contributed by atoms with Crippen molar-refractivity contribution in [3.63, 3.8) is 0 Å². The van der Waals surface area contributed by atoms with Crippen molar-refractivity contribution < 1.29 is 13.2 Å². The van der Waals surface area contributed by atoms with Crippen LogP contribution < -0.4 is 10.1 Å². The quantitative estimate of drug-likeness (QED) is 0.198. The largest absolute Gasteiger partial charge is 0.355 e. The number of nitrogens with zero attached hydrogens (tertiary/aromatic N) is 1. The summed E-state index contributed by atoms with van der Waals surface area (Å²) in [7, 11) is -3.84. The van der Waals surface area contributed by atoms with Gasteiger partial charge in [-0.2, -0.15) is 5.10 Å². The first-order valence-corrected chi connectivity index (χ1v) is 13.3. The molecular weight excluding hydrogens is 484 g/mol. The molecule has 1 atom stereocenters. The molecule has 0 aliphatic carbocycles. The minimum atomic E-state index is -3.84. The second-order valence-corrected chi connectivity index (χ2v) is 10.6. The van der Waals surface area contributed by atoms with E-state index in [1.165, 1.54) is 0 Å². The maximum absolute atomic E-state index is 13.0. The third-order valence-electron chi connectivity index (χ3n) is 6.15. The van der Waals surface area contributed by atoms with Crippen LogP contribution in [0.4, 0.5) is 0 Å². The second kappa shape index (κ2) is 10.4. The number of aryl methyl sites for hydroxylation is 1. The van der Waals surface area contributed by atoms with Crippen LogP contribution in [0.3, 0.4) is 0 Å². The molecule has 0 radical (unpaired) electrons. The number of H-pyrrole nitrogens is 1. The number of para-hydroxylation sites is 1. The first kappa shape index (κ1) is 24.4. The maximum Gasteiger partial charge on any atom is 0.242 e. The number of carbonyl (C=O) groups is 1. The van der Waals surface area contributed by atoms with Crippen molar-refractivity contribution in [2.24, 2.45) is 5.10 Å². The van der Waals surface area contributed by atoms with Crippen molar-refractivity contribution in [2.75, 3.05) is 0 Å². The van der Waals surface area contributed by atoms with Gasteiger partial charge in [-0.1, -0.05) is 72.3 Å². The molecule has 5 aromatic rings. The minimum absolute atomic E-state index is 0.117. The van der Waals surface area contributed by atoms with Gasteiger partial charge in [0.1, 0.15) is 0 Å². The zero-order valence-corrected chi connectivity index (χ0v) is 21.0. The molecule has 8 heteroatoms. The van der Waals surface area contributed by atoms with E-state index in [1.807, 2.05) is 49.4 Å². The molecule has 0 aliphatic heterocycles. The van der Waals surface area contributed by atoms with Gasteiger partial charge in [-0.25, -0.2) is 18.6 Å². The standard InChI is InChI=1S/C29H26N4O3S/c1-20-11-14-23(15-12-20)37(35,36)33-28(22-7-3-2-4-8-22)18-29(34)32-30-19-21-13-16-27-25(17-21)24-9-5-6-10-26(24)31-27/h2-17,19,28,31,33H,18H2,1H3,(H,32,34)/b30-19-/t28-/m1/s1. The summed E-state index contributed by atoms with van der Waals surface area (Å²) in [6, 6.07) is 28.8. The van der Waals surface area contributed by atoms with Crippen molar-refractivity contribution in [1.29, 1.82) is 0 Å². The van der Waals surface area contributed by atoms with Gasteiger partial charge in [-0.3, -0.25) is 4.79 Å². The highest BCUT2D eigenvalue weighted by atomic mass is 32.2. The summed E-state index contributed by atoms with van der Waals surface area (Å²) in [5.41, 5.74) is 7.08. The number of aromatic amines is 1. The van der Waals surface area contributed by atoms with E-state index in [4.69, 9.17) is 0 Å². The summed E-state index contributed by atoms with van der Waals surface area (Å²) < 4.78 is 28.7. The van der Waals surface area contributed by atoms with Crippen LogP contribution in [0.2, 0.25) is 0 Å². The first-order valence-electron chi connectivity index (χ1n) is 11.9. The highest BCUT2D eigenvalue weighted by molar-refractivity contribution is 7.89. The van der Waals surface area contributed by atoms with Crippen molar-refractivity contribution >= 4 is 44.0 Å². The van der Waals surface area contributed by atoms with Gasteiger partial charge in [-0.15, -0.1) is 0 Å². The van der Waals surface area contributed by atoms with Crippen LogP contribution >= 0.6 is 0 Å². The lowest BCUT2D eigenvalue weighted by Crippen LogP contribution is -2.32. The predicted molar refractivity (Wildman–Crippen MR) is 147 cm³/mol. The average molecular weight is 511 g/mol. The topological polar surface area (TPSA) is 103 Å². The summed E-state index contributed by atoms with van der Waals surface area (Å²) in [6.45, 7) is 1.89. The molecule has 1 aromatic heterocycles. The molecule has 0 unspecified atom stereocenters. The van der Waals surface area contributed by atoms with Gasteiger partial charge in [-0.05, 0) is 48.4 Å². The smallest absolute Gasteiger partial charge is 0.242 e. The normalized spacial score (nSPS) is 12.8. The van der Waals surface area contributed by atoms with E-state index >= 15 is 0 Å². The number of amides is 1. The molecule has 4 aromatic carbocycles. The lowest BCUT2D eigenvalue weighted by Gasteiger charge is -2.18. The summed E-state index contributed by atoms with van der Waals surface area (Å²) in [5, 5.41) is 6.30. The fourth-order valence-electron chi connectivity index (χ4n) is 4.24. The summed E-state index contributed by atoms with van der Waals surface area (Å²) in [6.07, 6.45) is 1.46. The van der Waals surface area contributed by atoms with E-state index in [2.05, 4.69) is 26.3 Å². The monoisotopic (exact) mass is 510 g/mol. The van der Waals surface area contributed by atoms with Crippen LogP contribution in [0, 0.1) is 6.92 Å². The van der Waals surface area contributed by atoms with Crippen LogP contribution in [-0.4, -0.2) is 25.5 Å². The molecule has 0 bridgehead atoms. The van der Waals surface area contributed by atoms with Crippen LogP contribution in [0.25, 0.3) is 21.8 Å². The number of fused-ring (bicyclic) bond motifs is 3. The van der Waals surface area contributed by atoms with E-state index in [0.717, 1.165) is 32.9 Å². The fourth-order valence-corrected chi connectivity index (χ4v) is 5.47. The number of aromatic nitrogens is 1. The number of hydrogen-bond donors (Lipinski definition) is 3. The van der Waals surface area contributed by atoms with Crippen LogP contribution in [0.15, 0.2) is 107 Å². The van der Waals surface area contributed by atoms with Crippen molar-refractivity contribution in [3.8, 4) is 0 Å². The third-order valence-corrected chi connectivity index (χ3v) is 7.64. The van der Waals surface area contributed by atoms with E-state index in [1.54, 1.807) is 54.7 Å². The van der Waals surface area contributed by atoms with Gasteiger partial charge in [0.2, 0.25) is 15.9 Å². The fraction of sp³-hybridized carbons (Fsp3) is 0.103. The van der Waals surface area contributed by atoms with Crippen LogP contribution in [0.1, 0.15) is 29.2 Å². The molecular formula is C29H26N4O3S. The zero-order chi connectivity index (χ0) is 25.8.